The monoisotopic (exact) mass is 259 g/mol. The number of nitrogens with two attached hydrogens (primary N) is 1. The highest BCUT2D eigenvalue weighted by molar-refractivity contribution is 5.73. The van der Waals surface area contributed by atoms with E-state index >= 15 is 0 Å². The number of rotatable bonds is 6. The zero-order valence-electron chi connectivity index (χ0n) is 9.94. The van der Waals surface area contributed by atoms with Gasteiger partial charge in [-0.3, -0.25) is 4.79 Å². The van der Waals surface area contributed by atoms with Crippen molar-refractivity contribution < 1.29 is 23.0 Å². The SMILES string of the molecule is COC(=O)C(CN)Cc1ccccc1OC(F)F. The second kappa shape index (κ2) is 6.90. The molecular weight excluding hydrogens is 244 g/mol. The Morgan fingerprint density at radius 1 is 1.39 bits per heavy atom. The van der Waals surface area contributed by atoms with Gasteiger partial charge in [0.05, 0.1) is 13.0 Å². The van der Waals surface area contributed by atoms with Crippen LogP contribution >= 0.6 is 0 Å². The highest BCUT2D eigenvalue weighted by Gasteiger charge is 2.20. The molecule has 1 unspecified atom stereocenters. The van der Waals surface area contributed by atoms with Crippen LogP contribution < -0.4 is 10.5 Å². The third kappa shape index (κ3) is 3.96. The number of carbonyl (C=O) groups is 1. The van der Waals surface area contributed by atoms with Gasteiger partial charge in [-0.2, -0.15) is 8.78 Å². The number of halogens is 2. The maximum absolute atomic E-state index is 12.2. The highest BCUT2D eigenvalue weighted by Crippen LogP contribution is 2.23. The highest BCUT2D eigenvalue weighted by atomic mass is 19.3. The third-order valence-corrected chi connectivity index (χ3v) is 2.47. The molecule has 0 amide bonds. The molecular formula is C12H15F2NO3. The summed E-state index contributed by atoms with van der Waals surface area (Å²) in [5, 5.41) is 0. The molecule has 0 heterocycles. The van der Waals surface area contributed by atoms with Gasteiger partial charge in [-0.05, 0) is 18.1 Å². The van der Waals surface area contributed by atoms with Gasteiger partial charge in [0.15, 0.2) is 0 Å². The van der Waals surface area contributed by atoms with Crippen molar-refractivity contribution in [1.29, 1.82) is 0 Å². The fraction of sp³-hybridized carbons (Fsp3) is 0.417. The number of hydrogen-bond acceptors (Lipinski definition) is 4. The summed E-state index contributed by atoms with van der Waals surface area (Å²) >= 11 is 0. The van der Waals surface area contributed by atoms with Crippen molar-refractivity contribution in [3.8, 4) is 5.75 Å². The van der Waals surface area contributed by atoms with Crippen molar-refractivity contribution in [2.45, 2.75) is 13.0 Å². The van der Waals surface area contributed by atoms with E-state index in [0.29, 0.717) is 5.56 Å². The Balaban J connectivity index is 2.85. The normalized spacial score (nSPS) is 12.3. The number of methoxy groups -OCH3 is 1. The van der Waals surface area contributed by atoms with Crippen LogP contribution in [0.25, 0.3) is 0 Å². The Bertz CT molecular complexity index is 399. The van der Waals surface area contributed by atoms with E-state index in [1.54, 1.807) is 18.2 Å². The molecule has 1 aromatic carbocycles. The average Bonchev–Trinajstić information content (AvgIpc) is 2.36. The van der Waals surface area contributed by atoms with Crippen LogP contribution in [0, 0.1) is 5.92 Å². The molecule has 4 nitrogen and oxygen atoms in total. The van der Waals surface area contributed by atoms with E-state index in [2.05, 4.69) is 9.47 Å². The molecule has 18 heavy (non-hydrogen) atoms. The molecule has 0 aliphatic heterocycles. The van der Waals surface area contributed by atoms with Gasteiger partial charge in [0.2, 0.25) is 0 Å². The summed E-state index contributed by atoms with van der Waals surface area (Å²) in [7, 11) is 1.26. The van der Waals surface area contributed by atoms with E-state index in [0.717, 1.165) is 0 Å². The van der Waals surface area contributed by atoms with Crippen molar-refractivity contribution in [3.05, 3.63) is 29.8 Å². The Kier molecular flexibility index (Phi) is 5.51. The zero-order valence-corrected chi connectivity index (χ0v) is 9.94. The van der Waals surface area contributed by atoms with Crippen molar-refractivity contribution in [3.63, 3.8) is 0 Å². The van der Waals surface area contributed by atoms with Gasteiger partial charge in [0.25, 0.3) is 0 Å². The van der Waals surface area contributed by atoms with Crippen LogP contribution in [-0.2, 0) is 16.0 Å². The maximum Gasteiger partial charge on any atom is 0.387 e. The molecule has 100 valence electrons. The van der Waals surface area contributed by atoms with E-state index in [9.17, 15) is 13.6 Å². The molecule has 0 aromatic heterocycles. The lowest BCUT2D eigenvalue weighted by Crippen LogP contribution is -2.27. The van der Waals surface area contributed by atoms with E-state index in [1.165, 1.54) is 13.2 Å². The molecule has 0 fully saturated rings. The van der Waals surface area contributed by atoms with Crippen LogP contribution in [0.2, 0.25) is 0 Å². The fourth-order valence-electron chi connectivity index (χ4n) is 1.58. The molecule has 1 aromatic rings. The van der Waals surface area contributed by atoms with Gasteiger partial charge in [-0.15, -0.1) is 0 Å². The van der Waals surface area contributed by atoms with Crippen molar-refractivity contribution >= 4 is 5.97 Å². The number of alkyl halides is 2. The molecule has 1 atom stereocenters. The fourth-order valence-corrected chi connectivity index (χ4v) is 1.58. The number of carbonyl (C=O) groups excluding carboxylic acids is 1. The van der Waals surface area contributed by atoms with Gasteiger partial charge in [0, 0.05) is 6.54 Å². The predicted molar refractivity (Wildman–Crippen MR) is 61.3 cm³/mol. The van der Waals surface area contributed by atoms with Gasteiger partial charge >= 0.3 is 12.6 Å². The van der Waals surface area contributed by atoms with Gasteiger partial charge in [0.1, 0.15) is 5.75 Å². The Hall–Kier alpha value is -1.69. The smallest absolute Gasteiger partial charge is 0.387 e. The first-order valence-electron chi connectivity index (χ1n) is 5.39. The lowest BCUT2D eigenvalue weighted by atomic mass is 9.99. The molecule has 2 N–H and O–H groups in total. The molecule has 0 radical (unpaired) electrons. The number of para-hydroxylation sites is 1. The van der Waals surface area contributed by atoms with Gasteiger partial charge < -0.3 is 15.2 Å². The molecule has 0 saturated carbocycles. The van der Waals surface area contributed by atoms with Crippen molar-refractivity contribution in [2.24, 2.45) is 11.7 Å². The predicted octanol–water partition coefficient (Wildman–Crippen LogP) is 1.58. The first-order valence-corrected chi connectivity index (χ1v) is 5.39. The van der Waals surface area contributed by atoms with Gasteiger partial charge in [-0.1, -0.05) is 18.2 Å². The van der Waals surface area contributed by atoms with Crippen molar-refractivity contribution in [1.82, 2.24) is 0 Å². The number of hydrogen-bond donors (Lipinski definition) is 1. The number of benzene rings is 1. The Morgan fingerprint density at radius 2 is 2.06 bits per heavy atom. The maximum atomic E-state index is 12.2. The summed E-state index contributed by atoms with van der Waals surface area (Å²) in [5.41, 5.74) is 5.96. The van der Waals surface area contributed by atoms with E-state index in [4.69, 9.17) is 5.73 Å². The summed E-state index contributed by atoms with van der Waals surface area (Å²) < 4.78 is 33.4. The Labute approximate surface area is 104 Å². The van der Waals surface area contributed by atoms with Crippen molar-refractivity contribution in [2.75, 3.05) is 13.7 Å². The van der Waals surface area contributed by atoms with Crippen LogP contribution in [0.3, 0.4) is 0 Å². The number of ether oxygens (including phenoxy) is 2. The minimum atomic E-state index is -2.90. The summed E-state index contributed by atoms with van der Waals surface area (Å²) in [5.74, 6) is -0.989. The van der Waals surface area contributed by atoms with Crippen LogP contribution in [0.1, 0.15) is 5.56 Å². The molecule has 0 aliphatic rings. The van der Waals surface area contributed by atoms with Crippen LogP contribution in [-0.4, -0.2) is 26.2 Å². The van der Waals surface area contributed by atoms with E-state index < -0.39 is 18.5 Å². The summed E-state index contributed by atoms with van der Waals surface area (Å²) in [6.45, 7) is -2.82. The number of esters is 1. The minimum absolute atomic E-state index is 0.0508. The zero-order chi connectivity index (χ0) is 13.5. The standard InChI is InChI=1S/C12H15F2NO3/c1-17-11(16)9(7-15)6-8-4-2-3-5-10(8)18-12(13)14/h2-5,9,12H,6-7,15H2,1H3. The first-order chi connectivity index (χ1) is 8.58. The molecule has 6 heteroatoms. The Morgan fingerprint density at radius 3 is 2.61 bits per heavy atom. The third-order valence-electron chi connectivity index (χ3n) is 2.47. The van der Waals surface area contributed by atoms with E-state index in [-0.39, 0.29) is 18.7 Å². The second-order valence-corrected chi connectivity index (χ2v) is 3.65. The topological polar surface area (TPSA) is 61.5 Å². The quantitative estimate of drug-likeness (QED) is 0.788. The average molecular weight is 259 g/mol. The molecule has 0 saturated heterocycles. The summed E-state index contributed by atoms with van der Waals surface area (Å²) in [6.07, 6.45) is 0.200. The first kappa shape index (κ1) is 14.4. The molecule has 0 bridgehead atoms. The largest absolute Gasteiger partial charge is 0.469 e. The van der Waals surface area contributed by atoms with Crippen LogP contribution in [0.15, 0.2) is 24.3 Å². The minimum Gasteiger partial charge on any atom is -0.469 e. The molecule has 0 spiro atoms. The lowest BCUT2D eigenvalue weighted by Gasteiger charge is -2.15. The molecule has 1 rings (SSSR count). The van der Waals surface area contributed by atoms with Gasteiger partial charge in [-0.25, -0.2) is 0 Å². The van der Waals surface area contributed by atoms with Crippen LogP contribution in [0.5, 0.6) is 5.75 Å². The van der Waals surface area contributed by atoms with Crippen LogP contribution in [0.4, 0.5) is 8.78 Å². The summed E-state index contributed by atoms with van der Waals surface area (Å²) in [4.78, 5) is 11.4. The van der Waals surface area contributed by atoms with E-state index in [1.807, 2.05) is 0 Å². The lowest BCUT2D eigenvalue weighted by molar-refractivity contribution is -0.145. The second-order valence-electron chi connectivity index (χ2n) is 3.65. The summed E-state index contributed by atoms with van der Waals surface area (Å²) in [6, 6.07) is 6.30. The molecule has 0 aliphatic carbocycles.